The third-order valence-corrected chi connectivity index (χ3v) is 11.5. The van der Waals surface area contributed by atoms with Crippen molar-refractivity contribution in [2.45, 2.75) is 134 Å². The van der Waals surface area contributed by atoms with Crippen molar-refractivity contribution in [3.8, 4) is 0 Å². The van der Waals surface area contributed by atoms with Crippen LogP contribution in [-0.2, 0) is 40.1 Å². The van der Waals surface area contributed by atoms with E-state index in [9.17, 15) is 33.9 Å². The SMILES string of the molecule is CCCC(NC(=O)[C@@H]1C[C@@H](OCc2ccccc2)CN1C(=O)C(NC(O)CC1CCCC1)C1CCCCC1)C(=O)C(=O)NCC(=O)NC(C(N)=O)c1ccccc1. The van der Waals surface area contributed by atoms with Gasteiger partial charge < -0.3 is 36.4 Å². The van der Waals surface area contributed by atoms with Crippen LogP contribution in [0, 0.1) is 11.8 Å². The number of nitrogens with two attached hydrogens (primary N) is 1. The number of hydrogen-bond acceptors (Lipinski definition) is 9. The van der Waals surface area contributed by atoms with E-state index in [0.717, 1.165) is 63.4 Å². The van der Waals surface area contributed by atoms with Crippen LogP contribution in [0.5, 0.6) is 0 Å². The summed E-state index contributed by atoms with van der Waals surface area (Å²) in [5.74, 6) is -4.06. The molecule has 6 atom stereocenters. The number of ketones is 1. The second-order valence-electron chi connectivity index (χ2n) is 15.8. The fourth-order valence-corrected chi connectivity index (χ4v) is 8.50. The molecule has 7 N–H and O–H groups in total. The molecule has 2 aromatic carbocycles. The quantitative estimate of drug-likeness (QED) is 0.0860. The minimum Gasteiger partial charge on any atom is -0.379 e. The van der Waals surface area contributed by atoms with E-state index in [4.69, 9.17) is 10.5 Å². The maximum absolute atomic E-state index is 14.7. The lowest BCUT2D eigenvalue weighted by molar-refractivity contribution is -0.144. The van der Waals surface area contributed by atoms with Crippen LogP contribution in [0.25, 0.3) is 0 Å². The summed E-state index contributed by atoms with van der Waals surface area (Å²) in [5, 5.41) is 22.0. The van der Waals surface area contributed by atoms with Gasteiger partial charge in [-0.1, -0.05) is 119 Å². The zero-order valence-corrected chi connectivity index (χ0v) is 33.0. The van der Waals surface area contributed by atoms with Gasteiger partial charge in [0.25, 0.3) is 5.91 Å². The average Bonchev–Trinajstić information content (AvgIpc) is 3.91. The zero-order chi connectivity index (χ0) is 40.7. The normalized spacial score (nSPS) is 20.9. The first kappa shape index (κ1) is 43.5. The molecule has 1 heterocycles. The smallest absolute Gasteiger partial charge is 0.290 e. The Balaban J connectivity index is 1.28. The number of nitrogens with zero attached hydrogens (tertiary/aromatic N) is 1. The second kappa shape index (κ2) is 21.8. The summed E-state index contributed by atoms with van der Waals surface area (Å²) in [5.41, 5.74) is 6.90. The van der Waals surface area contributed by atoms with Crippen LogP contribution >= 0.6 is 0 Å². The standard InChI is InChI=1S/C43H60N6O8/c1-2-14-33(39(52)42(55)45-25-36(51)48-37(40(44)53)30-19-8-4-9-20-30)46-41(54)34-24-32(57-27-29-17-6-3-7-18-29)26-49(34)43(56)38(31-21-10-5-11-22-31)47-35(50)23-28-15-12-13-16-28/h3-4,6-9,17-20,28,31-35,37-38,47,50H,2,5,10-16,21-27H2,1H3,(H2,44,53)(H,45,55)(H,46,54)(H,48,51)/t32-,33?,34+,35?,37?,38?/m1/s1. The van der Waals surface area contributed by atoms with Gasteiger partial charge in [0.05, 0.1) is 31.3 Å². The number of primary amides is 1. The lowest BCUT2D eigenvalue weighted by atomic mass is 9.83. The first-order valence-corrected chi connectivity index (χ1v) is 20.7. The van der Waals surface area contributed by atoms with Crippen molar-refractivity contribution in [1.29, 1.82) is 0 Å². The Morgan fingerprint density at radius 1 is 0.877 bits per heavy atom. The molecule has 2 aromatic rings. The number of benzene rings is 2. The van der Waals surface area contributed by atoms with E-state index in [1.54, 1.807) is 30.3 Å². The molecule has 3 fully saturated rings. The molecule has 5 amide bonds. The average molecular weight is 789 g/mol. The first-order chi connectivity index (χ1) is 27.5. The van der Waals surface area contributed by atoms with Crippen molar-refractivity contribution in [3.05, 3.63) is 71.8 Å². The number of Topliss-reactive ketones (excluding diaryl/α,β-unsaturated/α-hetero) is 1. The topological polar surface area (TPSA) is 209 Å². The summed E-state index contributed by atoms with van der Waals surface area (Å²) >= 11 is 0. The molecule has 4 unspecified atom stereocenters. The summed E-state index contributed by atoms with van der Waals surface area (Å²) < 4.78 is 6.27. The molecule has 2 aliphatic carbocycles. The van der Waals surface area contributed by atoms with E-state index in [-0.39, 0.29) is 37.8 Å². The molecule has 1 saturated heterocycles. The molecule has 0 bridgehead atoms. The molecule has 0 radical (unpaired) electrons. The Morgan fingerprint density at radius 3 is 2.18 bits per heavy atom. The summed E-state index contributed by atoms with van der Waals surface area (Å²) in [4.78, 5) is 81.8. The number of aliphatic hydroxyl groups excluding tert-OH is 1. The van der Waals surface area contributed by atoms with E-state index >= 15 is 0 Å². The van der Waals surface area contributed by atoms with Gasteiger partial charge in [0.1, 0.15) is 18.3 Å². The molecule has 14 heteroatoms. The summed E-state index contributed by atoms with van der Waals surface area (Å²) in [6.07, 6.45) is 9.06. The van der Waals surface area contributed by atoms with Gasteiger partial charge in [0, 0.05) is 13.0 Å². The van der Waals surface area contributed by atoms with Gasteiger partial charge in [-0.2, -0.15) is 0 Å². The Hall–Kier alpha value is -4.66. The van der Waals surface area contributed by atoms with Gasteiger partial charge >= 0.3 is 0 Å². The number of carbonyl (C=O) groups is 6. The van der Waals surface area contributed by atoms with E-state index < -0.39 is 72.5 Å². The van der Waals surface area contributed by atoms with Crippen molar-refractivity contribution in [2.75, 3.05) is 13.1 Å². The fourth-order valence-electron chi connectivity index (χ4n) is 8.50. The molecule has 3 aliphatic rings. The van der Waals surface area contributed by atoms with Gasteiger partial charge in [-0.25, -0.2) is 0 Å². The van der Waals surface area contributed by atoms with Crippen molar-refractivity contribution in [1.82, 2.24) is 26.2 Å². The van der Waals surface area contributed by atoms with Gasteiger partial charge in [0.15, 0.2) is 0 Å². The highest BCUT2D eigenvalue weighted by Gasteiger charge is 2.45. The number of amides is 5. The minimum atomic E-state index is -1.23. The third kappa shape index (κ3) is 12.7. The molecule has 1 aliphatic heterocycles. The van der Waals surface area contributed by atoms with Crippen molar-refractivity contribution in [3.63, 3.8) is 0 Å². The molecule has 0 aromatic heterocycles. The predicted octanol–water partition coefficient (Wildman–Crippen LogP) is 2.92. The molecular weight excluding hydrogens is 729 g/mol. The van der Waals surface area contributed by atoms with Crippen LogP contribution < -0.4 is 27.0 Å². The Labute approximate surface area is 335 Å². The van der Waals surface area contributed by atoms with Crippen molar-refractivity contribution >= 4 is 35.3 Å². The van der Waals surface area contributed by atoms with Crippen LogP contribution in [0.3, 0.4) is 0 Å². The Bertz CT molecular complexity index is 1650. The van der Waals surface area contributed by atoms with Gasteiger partial charge in [-0.15, -0.1) is 0 Å². The van der Waals surface area contributed by atoms with Crippen LogP contribution in [-0.4, -0.2) is 88.9 Å². The van der Waals surface area contributed by atoms with Gasteiger partial charge in [-0.3, -0.25) is 34.1 Å². The molecule has 5 rings (SSSR count). The molecule has 0 spiro atoms. The number of ether oxygens (including phenoxy) is 1. The number of hydrogen-bond donors (Lipinski definition) is 6. The lowest BCUT2D eigenvalue weighted by Crippen LogP contribution is -2.58. The van der Waals surface area contributed by atoms with Crippen LogP contribution in [0.1, 0.15) is 108 Å². The molecule has 310 valence electrons. The number of likely N-dealkylation sites (tertiary alicyclic amines) is 1. The Kier molecular flexibility index (Phi) is 16.6. The van der Waals surface area contributed by atoms with Crippen molar-refractivity contribution < 1.29 is 38.6 Å². The number of aliphatic hydroxyl groups is 1. The van der Waals surface area contributed by atoms with E-state index in [1.807, 2.05) is 37.3 Å². The highest BCUT2D eigenvalue weighted by atomic mass is 16.5. The number of carbonyl (C=O) groups excluding carboxylic acids is 6. The van der Waals surface area contributed by atoms with Gasteiger partial charge in [0.2, 0.25) is 29.4 Å². The van der Waals surface area contributed by atoms with E-state index in [2.05, 4.69) is 21.3 Å². The van der Waals surface area contributed by atoms with Crippen LogP contribution in [0.15, 0.2) is 60.7 Å². The van der Waals surface area contributed by atoms with Crippen LogP contribution in [0.4, 0.5) is 0 Å². The minimum absolute atomic E-state index is 0.0151. The predicted molar refractivity (Wildman–Crippen MR) is 213 cm³/mol. The summed E-state index contributed by atoms with van der Waals surface area (Å²) in [7, 11) is 0. The monoisotopic (exact) mass is 788 g/mol. The molecule has 57 heavy (non-hydrogen) atoms. The second-order valence-corrected chi connectivity index (χ2v) is 15.8. The molecular formula is C43H60N6O8. The number of nitrogens with one attached hydrogen (secondary N) is 4. The highest BCUT2D eigenvalue weighted by Crippen LogP contribution is 2.32. The van der Waals surface area contributed by atoms with E-state index in [0.29, 0.717) is 24.3 Å². The van der Waals surface area contributed by atoms with Crippen molar-refractivity contribution in [2.24, 2.45) is 17.6 Å². The zero-order valence-electron chi connectivity index (χ0n) is 33.0. The number of rotatable bonds is 20. The van der Waals surface area contributed by atoms with Gasteiger partial charge in [-0.05, 0) is 48.6 Å². The molecule has 2 saturated carbocycles. The Morgan fingerprint density at radius 2 is 1.53 bits per heavy atom. The third-order valence-electron chi connectivity index (χ3n) is 11.5. The summed E-state index contributed by atoms with van der Waals surface area (Å²) in [6, 6.07) is 13.9. The maximum Gasteiger partial charge on any atom is 0.290 e. The van der Waals surface area contributed by atoms with Crippen LogP contribution in [0.2, 0.25) is 0 Å². The summed E-state index contributed by atoms with van der Waals surface area (Å²) in [6.45, 7) is 1.62. The first-order valence-electron chi connectivity index (χ1n) is 20.7. The highest BCUT2D eigenvalue weighted by molar-refractivity contribution is 6.38. The fraction of sp³-hybridized carbons (Fsp3) is 0.581. The van der Waals surface area contributed by atoms with E-state index in [1.165, 1.54) is 4.90 Å². The lowest BCUT2D eigenvalue weighted by Gasteiger charge is -2.36. The largest absolute Gasteiger partial charge is 0.379 e. The molecule has 14 nitrogen and oxygen atoms in total. The maximum atomic E-state index is 14.7.